The Kier molecular flexibility index (Phi) is 8.09. The monoisotopic (exact) mass is 559 g/mol. The first-order chi connectivity index (χ1) is 19.2. The Bertz CT molecular complexity index is 1650. The van der Waals surface area contributed by atoms with Crippen LogP contribution in [0.2, 0.25) is 0 Å². The van der Waals surface area contributed by atoms with E-state index in [2.05, 4.69) is 15.2 Å². The molecule has 4 aromatic rings. The molecule has 10 heteroatoms. The molecule has 1 fully saturated rings. The molecule has 0 saturated carbocycles. The number of aliphatic hydroxyl groups excluding tert-OH is 1. The summed E-state index contributed by atoms with van der Waals surface area (Å²) in [5.74, 6) is 1.12. The van der Waals surface area contributed by atoms with Crippen LogP contribution in [0.1, 0.15) is 40.9 Å². The molecule has 4 heterocycles. The average molecular weight is 560 g/mol. The number of sulfone groups is 1. The third-order valence-corrected chi connectivity index (χ3v) is 8.62. The third-order valence-electron chi connectivity index (χ3n) is 7.38. The van der Waals surface area contributed by atoms with Crippen molar-refractivity contribution >= 4 is 32.5 Å². The second-order valence-electron chi connectivity index (χ2n) is 10.3. The van der Waals surface area contributed by atoms with Gasteiger partial charge in [-0.1, -0.05) is 12.1 Å². The summed E-state index contributed by atoms with van der Waals surface area (Å²) in [6, 6.07) is 16.3. The van der Waals surface area contributed by atoms with Crippen molar-refractivity contribution in [1.82, 2.24) is 20.3 Å². The van der Waals surface area contributed by atoms with Gasteiger partial charge in [0.2, 0.25) is 0 Å². The number of fused-ring (bicyclic) bond motifs is 1. The van der Waals surface area contributed by atoms with Crippen LogP contribution in [0.3, 0.4) is 0 Å². The number of carbonyl (C=O) groups excluding carboxylic acids is 1. The molecule has 0 aliphatic carbocycles. The zero-order chi connectivity index (χ0) is 28.3. The summed E-state index contributed by atoms with van der Waals surface area (Å²) in [6.07, 6.45) is 5.82. The number of aliphatic hydroxyl groups is 1. The Hall–Kier alpha value is -3.89. The zero-order valence-electron chi connectivity index (χ0n) is 22.7. The van der Waals surface area contributed by atoms with E-state index in [9.17, 15) is 18.3 Å². The van der Waals surface area contributed by atoms with Gasteiger partial charge in [-0.2, -0.15) is 0 Å². The van der Waals surface area contributed by atoms with Gasteiger partial charge < -0.3 is 15.3 Å². The smallest absolute Gasteiger partial charge is 0.251 e. The van der Waals surface area contributed by atoms with Crippen molar-refractivity contribution in [3.63, 3.8) is 0 Å². The number of pyridine rings is 3. The first-order valence-corrected chi connectivity index (χ1v) is 15.3. The number of amides is 1. The second kappa shape index (κ2) is 11.7. The van der Waals surface area contributed by atoms with Crippen molar-refractivity contribution in [3.8, 4) is 11.4 Å². The number of aromatic nitrogens is 3. The van der Waals surface area contributed by atoms with Gasteiger partial charge in [0, 0.05) is 43.1 Å². The predicted molar refractivity (Wildman–Crippen MR) is 155 cm³/mol. The first kappa shape index (κ1) is 27.7. The van der Waals surface area contributed by atoms with Crippen LogP contribution in [0, 0.1) is 12.8 Å². The van der Waals surface area contributed by atoms with Crippen LogP contribution in [-0.4, -0.2) is 60.3 Å². The lowest BCUT2D eigenvalue weighted by molar-refractivity contribution is 0.0950. The lowest BCUT2D eigenvalue weighted by Crippen LogP contribution is -2.34. The molecule has 1 aliphatic rings. The molecule has 1 saturated heterocycles. The standard InChI is InChI=1S/C30H33N5O4S/c1-20-6-7-22(16-28(20)40(2,38)39)30(37)32-19-24-17-27-23(18-31-24)8-9-26(33-27)25-4-3-5-29(34-25)35-13-10-21(11-14-35)12-15-36/h3-9,16-18,21,36H,10-15,19H2,1-2H3,(H,32,37). The van der Waals surface area contributed by atoms with Crippen molar-refractivity contribution in [3.05, 3.63) is 77.6 Å². The van der Waals surface area contributed by atoms with Crippen molar-refractivity contribution in [2.45, 2.75) is 37.6 Å². The molecule has 9 nitrogen and oxygen atoms in total. The summed E-state index contributed by atoms with van der Waals surface area (Å²) < 4.78 is 24.1. The van der Waals surface area contributed by atoms with Gasteiger partial charge in [-0.3, -0.25) is 9.78 Å². The molecule has 0 atom stereocenters. The highest BCUT2D eigenvalue weighted by atomic mass is 32.2. The van der Waals surface area contributed by atoms with E-state index in [-0.39, 0.29) is 29.5 Å². The van der Waals surface area contributed by atoms with E-state index in [1.165, 1.54) is 6.07 Å². The molecular weight excluding hydrogens is 526 g/mol. The second-order valence-corrected chi connectivity index (χ2v) is 12.3. The number of piperidine rings is 1. The molecule has 0 radical (unpaired) electrons. The number of benzene rings is 1. The molecule has 1 aromatic carbocycles. The fraction of sp³-hybridized carbons (Fsp3) is 0.333. The van der Waals surface area contributed by atoms with Gasteiger partial charge in [-0.05, 0) is 80.1 Å². The van der Waals surface area contributed by atoms with Gasteiger partial charge in [0.25, 0.3) is 5.91 Å². The van der Waals surface area contributed by atoms with Crippen LogP contribution < -0.4 is 10.2 Å². The maximum absolute atomic E-state index is 12.8. The van der Waals surface area contributed by atoms with E-state index < -0.39 is 9.84 Å². The molecule has 0 unspecified atom stereocenters. The summed E-state index contributed by atoms with van der Waals surface area (Å²) in [7, 11) is -3.44. The summed E-state index contributed by atoms with van der Waals surface area (Å²) in [6.45, 7) is 3.96. The molecule has 1 aliphatic heterocycles. The summed E-state index contributed by atoms with van der Waals surface area (Å²) in [4.78, 5) is 29.4. The van der Waals surface area contributed by atoms with Crippen LogP contribution in [-0.2, 0) is 16.4 Å². The largest absolute Gasteiger partial charge is 0.396 e. The van der Waals surface area contributed by atoms with E-state index in [4.69, 9.17) is 9.97 Å². The molecule has 1 amide bonds. The van der Waals surface area contributed by atoms with Crippen LogP contribution in [0.25, 0.3) is 22.3 Å². The van der Waals surface area contributed by atoms with Crippen molar-refractivity contribution in [1.29, 1.82) is 0 Å². The number of nitrogens with one attached hydrogen (secondary N) is 1. The predicted octanol–water partition coefficient (Wildman–Crippen LogP) is 3.93. The summed E-state index contributed by atoms with van der Waals surface area (Å²) >= 11 is 0. The maximum Gasteiger partial charge on any atom is 0.251 e. The van der Waals surface area contributed by atoms with Gasteiger partial charge in [0.15, 0.2) is 9.84 Å². The number of rotatable bonds is 8. The Balaban J connectivity index is 1.30. The minimum atomic E-state index is -3.44. The van der Waals surface area contributed by atoms with E-state index in [0.717, 1.165) is 66.7 Å². The van der Waals surface area contributed by atoms with Crippen molar-refractivity contribution in [2.24, 2.45) is 5.92 Å². The molecule has 0 bridgehead atoms. The van der Waals surface area contributed by atoms with Gasteiger partial charge in [0.05, 0.1) is 34.0 Å². The molecular formula is C30H33N5O4S. The van der Waals surface area contributed by atoms with Crippen molar-refractivity contribution in [2.75, 3.05) is 30.9 Å². The number of hydrogen-bond donors (Lipinski definition) is 2. The lowest BCUT2D eigenvalue weighted by atomic mass is 9.94. The topological polar surface area (TPSA) is 125 Å². The minimum Gasteiger partial charge on any atom is -0.396 e. The maximum atomic E-state index is 12.8. The fourth-order valence-electron chi connectivity index (χ4n) is 5.09. The molecule has 0 spiro atoms. The number of anilines is 1. The molecule has 208 valence electrons. The molecule has 3 aromatic heterocycles. The lowest BCUT2D eigenvalue weighted by Gasteiger charge is -2.32. The molecule has 40 heavy (non-hydrogen) atoms. The quantitative estimate of drug-likeness (QED) is 0.333. The molecule has 5 rings (SSSR count). The Labute approximate surface area is 234 Å². The highest BCUT2D eigenvalue weighted by Crippen LogP contribution is 2.26. The Morgan fingerprint density at radius 2 is 1.82 bits per heavy atom. The zero-order valence-corrected chi connectivity index (χ0v) is 23.5. The Morgan fingerprint density at radius 3 is 2.58 bits per heavy atom. The SMILES string of the molecule is Cc1ccc(C(=O)NCc2cc3nc(-c4cccc(N5CCC(CCO)CC5)n4)ccc3cn2)cc1S(C)(=O)=O. The van der Waals surface area contributed by atoms with Gasteiger partial charge >= 0.3 is 0 Å². The van der Waals surface area contributed by atoms with E-state index >= 15 is 0 Å². The van der Waals surface area contributed by atoms with Crippen LogP contribution in [0.5, 0.6) is 0 Å². The highest BCUT2D eigenvalue weighted by Gasteiger charge is 2.20. The van der Waals surface area contributed by atoms with Gasteiger partial charge in [0.1, 0.15) is 5.82 Å². The van der Waals surface area contributed by atoms with Gasteiger partial charge in [-0.25, -0.2) is 18.4 Å². The highest BCUT2D eigenvalue weighted by molar-refractivity contribution is 7.90. The van der Waals surface area contributed by atoms with Crippen LogP contribution in [0.4, 0.5) is 5.82 Å². The van der Waals surface area contributed by atoms with E-state index in [1.807, 2.05) is 36.4 Å². The fourth-order valence-corrected chi connectivity index (χ4v) is 6.08. The number of hydrogen-bond acceptors (Lipinski definition) is 8. The van der Waals surface area contributed by atoms with Crippen LogP contribution in [0.15, 0.2) is 65.7 Å². The summed E-state index contributed by atoms with van der Waals surface area (Å²) in [5.41, 5.74) is 3.77. The van der Waals surface area contributed by atoms with Crippen LogP contribution >= 0.6 is 0 Å². The normalized spacial score (nSPS) is 14.4. The Morgan fingerprint density at radius 1 is 1.05 bits per heavy atom. The van der Waals surface area contributed by atoms with E-state index in [1.54, 1.807) is 25.3 Å². The number of carbonyl (C=O) groups is 1. The van der Waals surface area contributed by atoms with Gasteiger partial charge in [-0.15, -0.1) is 0 Å². The molecule has 2 N–H and O–H groups in total. The van der Waals surface area contributed by atoms with Crippen molar-refractivity contribution < 1.29 is 18.3 Å². The first-order valence-electron chi connectivity index (χ1n) is 13.4. The average Bonchev–Trinajstić information content (AvgIpc) is 2.96. The number of aryl methyl sites for hydroxylation is 1. The third kappa shape index (κ3) is 6.29. The number of nitrogens with zero attached hydrogens (tertiary/aromatic N) is 4. The summed E-state index contributed by atoms with van der Waals surface area (Å²) in [5, 5.41) is 12.9. The van der Waals surface area contributed by atoms with E-state index in [0.29, 0.717) is 17.2 Å². The minimum absolute atomic E-state index is 0.143.